The Morgan fingerprint density at radius 1 is 0.486 bits per heavy atom. The van der Waals surface area contributed by atoms with Gasteiger partial charge in [0.2, 0.25) is 0 Å². The van der Waals surface area contributed by atoms with E-state index in [0.29, 0.717) is 0 Å². The Labute approximate surface area is 221 Å². The first-order valence-corrected chi connectivity index (χ1v) is 13.2. The number of hydrogen-bond acceptors (Lipinski definition) is 1. The molecule has 37 heavy (non-hydrogen) atoms. The van der Waals surface area contributed by atoms with Crippen molar-refractivity contribution in [3.8, 4) is 0 Å². The maximum absolute atomic E-state index is 11.8. The summed E-state index contributed by atoms with van der Waals surface area (Å²) < 4.78 is 0. The van der Waals surface area contributed by atoms with E-state index >= 15 is 0 Å². The molecule has 5 rings (SSSR count). The van der Waals surface area contributed by atoms with Gasteiger partial charge in [-0.15, -0.1) is 0 Å². The molecule has 0 aliphatic carbocycles. The van der Waals surface area contributed by atoms with Gasteiger partial charge in [0, 0.05) is 11.1 Å². The van der Waals surface area contributed by atoms with Gasteiger partial charge in [-0.3, -0.25) is 4.79 Å². The van der Waals surface area contributed by atoms with Crippen LogP contribution in [0.3, 0.4) is 0 Å². The second kappa shape index (κ2) is 13.2. The number of unbranched alkanes of at least 4 members (excludes halogenated alkanes) is 1. The molecular formula is C35H34BO-. The van der Waals surface area contributed by atoms with Crippen LogP contribution >= 0.6 is 0 Å². The Kier molecular flexibility index (Phi) is 9.26. The highest BCUT2D eigenvalue weighted by atomic mass is 16.1. The second-order valence-electron chi connectivity index (χ2n) is 9.48. The Morgan fingerprint density at radius 2 is 0.784 bits per heavy atom. The van der Waals surface area contributed by atoms with Crippen molar-refractivity contribution in [2.45, 2.75) is 26.1 Å². The fourth-order valence-electron chi connectivity index (χ4n) is 5.28. The van der Waals surface area contributed by atoms with Gasteiger partial charge in [-0.2, -0.15) is 22.7 Å². The molecule has 0 radical (unpaired) electrons. The zero-order chi connectivity index (χ0) is 25.8. The third-order valence-corrected chi connectivity index (χ3v) is 7.17. The molecular weight excluding hydrogens is 447 g/mol. The van der Waals surface area contributed by atoms with Crippen LogP contribution in [-0.2, 0) is 0 Å². The van der Waals surface area contributed by atoms with Crippen molar-refractivity contribution in [2.24, 2.45) is 0 Å². The van der Waals surface area contributed by atoms with E-state index in [1.165, 1.54) is 35.6 Å². The Hall–Kier alpha value is -4.17. The van der Waals surface area contributed by atoms with Crippen molar-refractivity contribution in [2.75, 3.05) is 0 Å². The lowest BCUT2D eigenvalue weighted by Gasteiger charge is -2.43. The predicted molar refractivity (Wildman–Crippen MR) is 160 cm³/mol. The maximum atomic E-state index is 11.8. The topological polar surface area (TPSA) is 17.1 Å². The van der Waals surface area contributed by atoms with Crippen LogP contribution in [0.1, 0.15) is 35.7 Å². The molecule has 0 aliphatic heterocycles. The lowest BCUT2D eigenvalue weighted by molar-refractivity contribution is 0.103. The summed E-state index contributed by atoms with van der Waals surface area (Å²) in [4.78, 5) is 11.8. The molecule has 0 saturated carbocycles. The summed E-state index contributed by atoms with van der Waals surface area (Å²) in [7, 11) is 0. The number of ketones is 1. The number of hydrogen-bond donors (Lipinski definition) is 0. The van der Waals surface area contributed by atoms with Crippen molar-refractivity contribution >= 4 is 28.3 Å². The zero-order valence-corrected chi connectivity index (χ0v) is 21.5. The summed E-state index contributed by atoms with van der Waals surface area (Å²) in [5.41, 5.74) is 5.80. The summed E-state index contributed by atoms with van der Waals surface area (Å²) in [6, 6.07) is 51.8. The third kappa shape index (κ3) is 6.34. The molecule has 0 atom stereocenters. The van der Waals surface area contributed by atoms with Crippen molar-refractivity contribution < 1.29 is 4.79 Å². The average molecular weight is 481 g/mol. The summed E-state index contributed by atoms with van der Waals surface area (Å²) in [5, 5.41) is 0. The minimum Gasteiger partial charge on any atom is -0.289 e. The van der Waals surface area contributed by atoms with Crippen LogP contribution in [-0.4, -0.2) is 11.9 Å². The van der Waals surface area contributed by atoms with Crippen LogP contribution in [0.5, 0.6) is 0 Å². The Bertz CT molecular complexity index is 1200. The first kappa shape index (κ1) is 25.9. The minimum absolute atomic E-state index is 0.0752. The summed E-state index contributed by atoms with van der Waals surface area (Å²) in [6.45, 7) is 2.28. The molecule has 0 aliphatic rings. The lowest BCUT2D eigenvalue weighted by atomic mass is 9.14. The van der Waals surface area contributed by atoms with Gasteiger partial charge in [0.05, 0.1) is 6.15 Å². The van der Waals surface area contributed by atoms with E-state index in [1.807, 2.05) is 60.7 Å². The van der Waals surface area contributed by atoms with Gasteiger partial charge in [0.25, 0.3) is 0 Å². The molecule has 5 aromatic rings. The molecule has 2 heteroatoms. The van der Waals surface area contributed by atoms with Crippen molar-refractivity contribution in [3.63, 3.8) is 0 Å². The standard InChI is InChI=1S/C22H24B.C13H10O/c1-2-3-19-23(20-13-7-4-8-14-20,21-15-9-5-10-16-21)22-17-11-6-12-18-22;14-13(11-7-3-1-4-8-11)12-9-5-2-6-10-12/h4-18H,2-3,19H2,1H3;1-10H/q-1;. The number of benzene rings is 5. The van der Waals surface area contributed by atoms with E-state index in [1.54, 1.807) is 0 Å². The first-order chi connectivity index (χ1) is 18.3. The molecule has 1 nitrogen and oxygen atoms in total. The van der Waals surface area contributed by atoms with Crippen LogP contribution in [0, 0.1) is 0 Å². The van der Waals surface area contributed by atoms with E-state index in [4.69, 9.17) is 0 Å². The third-order valence-electron chi connectivity index (χ3n) is 7.17. The minimum atomic E-state index is -0.913. The smallest absolute Gasteiger partial charge is 0.193 e. The molecule has 0 fully saturated rings. The van der Waals surface area contributed by atoms with Gasteiger partial charge in [0.1, 0.15) is 0 Å². The van der Waals surface area contributed by atoms with Crippen LogP contribution in [0.2, 0.25) is 6.32 Å². The molecule has 0 heterocycles. The number of carbonyl (C=O) groups excluding carboxylic acids is 1. The average Bonchev–Trinajstić information content (AvgIpc) is 3.00. The number of carbonyl (C=O) groups is 1. The largest absolute Gasteiger partial charge is 0.289 e. The summed E-state index contributed by atoms with van der Waals surface area (Å²) in [6.07, 6.45) is 2.73. The first-order valence-electron chi connectivity index (χ1n) is 13.2. The lowest BCUT2D eigenvalue weighted by Crippen LogP contribution is -2.66. The molecule has 0 unspecified atom stereocenters. The van der Waals surface area contributed by atoms with E-state index in [9.17, 15) is 4.79 Å². The van der Waals surface area contributed by atoms with Gasteiger partial charge < -0.3 is 0 Å². The van der Waals surface area contributed by atoms with Crippen LogP contribution in [0.25, 0.3) is 0 Å². The van der Waals surface area contributed by atoms with Gasteiger partial charge in [0.15, 0.2) is 5.78 Å². The predicted octanol–water partition coefficient (Wildman–Crippen LogP) is 6.87. The van der Waals surface area contributed by atoms with Crippen molar-refractivity contribution in [1.29, 1.82) is 0 Å². The highest BCUT2D eigenvalue weighted by Gasteiger charge is 2.28. The van der Waals surface area contributed by atoms with Crippen LogP contribution in [0.15, 0.2) is 152 Å². The fourth-order valence-corrected chi connectivity index (χ4v) is 5.28. The maximum Gasteiger partial charge on any atom is 0.193 e. The van der Waals surface area contributed by atoms with Gasteiger partial charge in [-0.1, -0.05) is 171 Å². The van der Waals surface area contributed by atoms with E-state index in [0.717, 1.165) is 11.1 Å². The summed E-state index contributed by atoms with van der Waals surface area (Å²) in [5.74, 6) is 0.0752. The zero-order valence-electron chi connectivity index (χ0n) is 21.5. The molecule has 184 valence electrons. The molecule has 0 aromatic heterocycles. The van der Waals surface area contributed by atoms with E-state index in [2.05, 4.69) is 97.9 Å². The molecule has 0 saturated heterocycles. The SMILES string of the molecule is CCCC[B-](c1ccccc1)(c1ccccc1)c1ccccc1.O=C(c1ccccc1)c1ccccc1. The highest BCUT2D eigenvalue weighted by Crippen LogP contribution is 2.16. The van der Waals surface area contributed by atoms with E-state index < -0.39 is 6.15 Å². The molecule has 0 spiro atoms. The quantitative estimate of drug-likeness (QED) is 0.175. The van der Waals surface area contributed by atoms with Crippen molar-refractivity contribution in [1.82, 2.24) is 0 Å². The Morgan fingerprint density at radius 3 is 1.08 bits per heavy atom. The monoisotopic (exact) mass is 481 g/mol. The van der Waals surface area contributed by atoms with Crippen molar-refractivity contribution in [3.05, 3.63) is 163 Å². The molecule has 0 bridgehead atoms. The Balaban J connectivity index is 0.000000195. The van der Waals surface area contributed by atoms with Gasteiger partial charge >= 0.3 is 0 Å². The van der Waals surface area contributed by atoms with Crippen LogP contribution in [0.4, 0.5) is 0 Å². The normalized spacial score (nSPS) is 10.7. The molecule has 5 aromatic carbocycles. The van der Waals surface area contributed by atoms with E-state index in [-0.39, 0.29) is 5.78 Å². The number of rotatable bonds is 8. The second-order valence-corrected chi connectivity index (χ2v) is 9.48. The highest BCUT2D eigenvalue weighted by molar-refractivity contribution is 7.11. The summed E-state index contributed by atoms with van der Waals surface area (Å²) >= 11 is 0. The van der Waals surface area contributed by atoms with Gasteiger partial charge in [-0.25, -0.2) is 0 Å². The van der Waals surface area contributed by atoms with Gasteiger partial charge in [-0.05, 0) is 0 Å². The molecule has 0 N–H and O–H groups in total. The molecule has 0 amide bonds. The van der Waals surface area contributed by atoms with Crippen LogP contribution < -0.4 is 16.4 Å². The fraction of sp³-hybridized carbons (Fsp3) is 0.114.